The van der Waals surface area contributed by atoms with Gasteiger partial charge in [0.25, 0.3) is 5.56 Å². The smallest absolute Gasteiger partial charge is 0.261 e. The number of carbonyl (C=O) groups is 1. The third-order valence-electron chi connectivity index (χ3n) is 4.23. The van der Waals surface area contributed by atoms with Gasteiger partial charge in [0, 0.05) is 6.54 Å². The van der Waals surface area contributed by atoms with E-state index in [1.807, 2.05) is 19.1 Å². The molecule has 7 heteroatoms. The molecule has 1 N–H and O–H groups in total. The van der Waals surface area contributed by atoms with E-state index in [9.17, 15) is 9.59 Å². The van der Waals surface area contributed by atoms with E-state index in [0.29, 0.717) is 28.9 Å². The number of hydrogen-bond acceptors (Lipinski definition) is 5. The van der Waals surface area contributed by atoms with Gasteiger partial charge in [0.15, 0.2) is 11.5 Å². The molecule has 0 fully saturated rings. The summed E-state index contributed by atoms with van der Waals surface area (Å²) in [5, 5.41) is 3.30. The van der Waals surface area contributed by atoms with Crippen molar-refractivity contribution in [3.05, 3.63) is 64.2 Å². The van der Waals surface area contributed by atoms with Crippen LogP contribution < -0.4 is 20.3 Å². The lowest BCUT2D eigenvalue weighted by Crippen LogP contribution is -2.32. The fourth-order valence-corrected chi connectivity index (χ4v) is 2.79. The lowest BCUT2D eigenvalue weighted by Gasteiger charge is -2.11. The minimum absolute atomic E-state index is 0.0942. The van der Waals surface area contributed by atoms with Crippen molar-refractivity contribution in [3.63, 3.8) is 0 Å². The summed E-state index contributed by atoms with van der Waals surface area (Å²) in [6, 6.07) is 10.9. The Morgan fingerprint density at radius 3 is 2.63 bits per heavy atom. The zero-order valence-electron chi connectivity index (χ0n) is 15.5. The van der Waals surface area contributed by atoms with Crippen LogP contribution in [0.4, 0.5) is 0 Å². The summed E-state index contributed by atoms with van der Waals surface area (Å²) >= 11 is 0. The Kier molecular flexibility index (Phi) is 5.40. The van der Waals surface area contributed by atoms with Crippen LogP contribution in [0.2, 0.25) is 0 Å². The van der Waals surface area contributed by atoms with Crippen molar-refractivity contribution >= 4 is 16.8 Å². The Morgan fingerprint density at radius 2 is 1.89 bits per heavy atom. The van der Waals surface area contributed by atoms with E-state index in [0.717, 1.165) is 11.1 Å². The summed E-state index contributed by atoms with van der Waals surface area (Å²) < 4.78 is 11.8. The average molecular weight is 367 g/mol. The highest BCUT2D eigenvalue weighted by Crippen LogP contribution is 2.27. The molecule has 2 aromatic carbocycles. The van der Waals surface area contributed by atoms with Gasteiger partial charge in [-0.25, -0.2) is 4.98 Å². The van der Waals surface area contributed by atoms with Crippen LogP contribution in [0, 0.1) is 6.92 Å². The Labute approximate surface area is 156 Å². The van der Waals surface area contributed by atoms with E-state index in [1.165, 1.54) is 10.9 Å². The normalized spacial score (nSPS) is 10.6. The first-order valence-electron chi connectivity index (χ1n) is 8.45. The maximum absolute atomic E-state index is 12.6. The Hall–Kier alpha value is -3.35. The van der Waals surface area contributed by atoms with Crippen LogP contribution in [0.5, 0.6) is 11.5 Å². The number of rotatable bonds is 6. The fourth-order valence-electron chi connectivity index (χ4n) is 2.79. The van der Waals surface area contributed by atoms with Crippen LogP contribution in [-0.4, -0.2) is 29.7 Å². The predicted molar refractivity (Wildman–Crippen MR) is 102 cm³/mol. The molecule has 0 spiro atoms. The van der Waals surface area contributed by atoms with E-state index in [4.69, 9.17) is 9.47 Å². The van der Waals surface area contributed by atoms with Crippen molar-refractivity contribution in [1.82, 2.24) is 14.9 Å². The minimum Gasteiger partial charge on any atom is -0.493 e. The molecule has 0 aliphatic rings. The SMILES string of the molecule is COc1ccc(CNC(=O)Cn2cnc3ccc(C)cc3c2=O)cc1OC. The first-order valence-corrected chi connectivity index (χ1v) is 8.45. The fraction of sp³-hybridized carbons (Fsp3) is 0.250. The molecule has 140 valence electrons. The van der Waals surface area contributed by atoms with Crippen LogP contribution in [0.1, 0.15) is 11.1 Å². The lowest BCUT2D eigenvalue weighted by molar-refractivity contribution is -0.121. The highest BCUT2D eigenvalue weighted by Gasteiger charge is 2.09. The largest absolute Gasteiger partial charge is 0.493 e. The molecule has 0 aliphatic carbocycles. The van der Waals surface area contributed by atoms with Gasteiger partial charge in [0.05, 0.1) is 31.4 Å². The number of amides is 1. The molecule has 0 aliphatic heterocycles. The molecule has 3 aromatic rings. The number of aromatic nitrogens is 2. The van der Waals surface area contributed by atoms with Crippen LogP contribution in [0.3, 0.4) is 0 Å². The molecule has 27 heavy (non-hydrogen) atoms. The van der Waals surface area contributed by atoms with Crippen LogP contribution >= 0.6 is 0 Å². The van der Waals surface area contributed by atoms with Gasteiger partial charge in [0.2, 0.25) is 5.91 Å². The van der Waals surface area contributed by atoms with E-state index < -0.39 is 0 Å². The average Bonchev–Trinajstić information content (AvgIpc) is 2.68. The van der Waals surface area contributed by atoms with Gasteiger partial charge in [0.1, 0.15) is 6.54 Å². The molecule has 0 saturated heterocycles. The number of nitrogens with one attached hydrogen (secondary N) is 1. The van der Waals surface area contributed by atoms with Gasteiger partial charge in [-0.3, -0.25) is 14.2 Å². The molecule has 0 radical (unpaired) electrons. The molecule has 1 amide bonds. The third-order valence-corrected chi connectivity index (χ3v) is 4.23. The summed E-state index contributed by atoms with van der Waals surface area (Å²) in [5.74, 6) is 0.937. The van der Waals surface area contributed by atoms with E-state index in [2.05, 4.69) is 10.3 Å². The second-order valence-electron chi connectivity index (χ2n) is 6.16. The third kappa shape index (κ3) is 4.08. The summed E-state index contributed by atoms with van der Waals surface area (Å²) in [7, 11) is 3.12. The maximum Gasteiger partial charge on any atom is 0.261 e. The topological polar surface area (TPSA) is 82.5 Å². The van der Waals surface area contributed by atoms with E-state index in [-0.39, 0.29) is 18.0 Å². The first-order chi connectivity index (χ1) is 13.0. The van der Waals surface area contributed by atoms with Crippen molar-refractivity contribution < 1.29 is 14.3 Å². The van der Waals surface area contributed by atoms with E-state index in [1.54, 1.807) is 38.5 Å². The summed E-state index contributed by atoms with van der Waals surface area (Å²) in [6.07, 6.45) is 1.40. The second-order valence-corrected chi connectivity index (χ2v) is 6.16. The van der Waals surface area contributed by atoms with Crippen molar-refractivity contribution in [2.45, 2.75) is 20.0 Å². The molecule has 1 aromatic heterocycles. The molecule has 0 saturated carbocycles. The number of hydrogen-bond donors (Lipinski definition) is 1. The van der Waals surface area contributed by atoms with Crippen molar-refractivity contribution in [2.24, 2.45) is 0 Å². The quantitative estimate of drug-likeness (QED) is 0.721. The molecule has 0 bridgehead atoms. The first kappa shape index (κ1) is 18.4. The second kappa shape index (κ2) is 7.90. The van der Waals surface area contributed by atoms with Crippen LogP contribution in [-0.2, 0) is 17.9 Å². The molecule has 0 atom stereocenters. The zero-order valence-corrected chi connectivity index (χ0v) is 15.5. The molecular weight excluding hydrogens is 346 g/mol. The highest BCUT2D eigenvalue weighted by atomic mass is 16.5. The standard InChI is InChI=1S/C20H21N3O4/c1-13-4-6-16-15(8-13)20(25)23(12-22-16)11-19(24)21-10-14-5-7-17(26-2)18(9-14)27-3/h4-9,12H,10-11H2,1-3H3,(H,21,24). The number of aryl methyl sites for hydroxylation is 1. The number of methoxy groups -OCH3 is 2. The van der Waals surface area contributed by atoms with Crippen LogP contribution in [0.15, 0.2) is 47.5 Å². The lowest BCUT2D eigenvalue weighted by atomic mass is 10.2. The van der Waals surface area contributed by atoms with Gasteiger partial charge in [-0.2, -0.15) is 0 Å². The Morgan fingerprint density at radius 1 is 1.11 bits per heavy atom. The summed E-state index contributed by atoms with van der Waals surface area (Å²) in [4.78, 5) is 29.1. The summed E-state index contributed by atoms with van der Waals surface area (Å²) in [6.45, 7) is 2.13. The van der Waals surface area contributed by atoms with Crippen molar-refractivity contribution in [3.8, 4) is 11.5 Å². The minimum atomic E-state index is -0.277. The Bertz CT molecular complexity index is 1040. The van der Waals surface area contributed by atoms with Gasteiger partial charge < -0.3 is 14.8 Å². The number of fused-ring (bicyclic) bond motifs is 1. The number of nitrogens with zero attached hydrogens (tertiary/aromatic N) is 2. The van der Waals surface area contributed by atoms with Gasteiger partial charge in [-0.1, -0.05) is 17.7 Å². The zero-order chi connectivity index (χ0) is 19.4. The number of benzene rings is 2. The molecule has 3 rings (SSSR count). The van der Waals surface area contributed by atoms with Crippen molar-refractivity contribution in [1.29, 1.82) is 0 Å². The maximum atomic E-state index is 12.6. The van der Waals surface area contributed by atoms with Gasteiger partial charge >= 0.3 is 0 Å². The van der Waals surface area contributed by atoms with Gasteiger partial charge in [-0.05, 0) is 36.8 Å². The van der Waals surface area contributed by atoms with Crippen LogP contribution in [0.25, 0.3) is 10.9 Å². The Balaban J connectivity index is 1.70. The summed E-state index contributed by atoms with van der Waals surface area (Å²) in [5.41, 5.74) is 2.22. The predicted octanol–water partition coefficient (Wildman–Crippen LogP) is 2.04. The number of carbonyl (C=O) groups excluding carboxylic acids is 1. The molecule has 0 unspecified atom stereocenters. The van der Waals surface area contributed by atoms with Gasteiger partial charge in [-0.15, -0.1) is 0 Å². The number of ether oxygens (including phenoxy) is 2. The van der Waals surface area contributed by atoms with E-state index >= 15 is 0 Å². The highest BCUT2D eigenvalue weighted by molar-refractivity contribution is 5.79. The van der Waals surface area contributed by atoms with Crippen molar-refractivity contribution in [2.75, 3.05) is 14.2 Å². The monoisotopic (exact) mass is 367 g/mol. The molecular formula is C20H21N3O4. The molecule has 1 heterocycles. The molecule has 7 nitrogen and oxygen atoms in total.